The molecule has 7 heteroatoms. The van der Waals surface area contributed by atoms with E-state index in [1.165, 1.54) is 0 Å². The Morgan fingerprint density at radius 1 is 1.28 bits per heavy atom. The van der Waals surface area contributed by atoms with E-state index in [1.807, 2.05) is 45.0 Å². The minimum atomic E-state index is -0.921. The van der Waals surface area contributed by atoms with Gasteiger partial charge in [0.2, 0.25) is 0 Å². The van der Waals surface area contributed by atoms with E-state index >= 15 is 0 Å². The number of rotatable bonds is 11. The summed E-state index contributed by atoms with van der Waals surface area (Å²) in [7, 11) is 0. The molecule has 0 fully saturated rings. The zero-order valence-corrected chi connectivity index (χ0v) is 17.8. The van der Waals surface area contributed by atoms with Gasteiger partial charge in [0.05, 0.1) is 18.0 Å². The van der Waals surface area contributed by atoms with Crippen LogP contribution in [0.15, 0.2) is 33.8 Å². The lowest BCUT2D eigenvalue weighted by Crippen LogP contribution is -2.24. The fourth-order valence-electron chi connectivity index (χ4n) is 2.80. The highest BCUT2D eigenvalue weighted by molar-refractivity contribution is 6.00. The largest absolute Gasteiger partial charge is 0.493 e. The number of hydrogen-bond acceptors (Lipinski definition) is 6. The van der Waals surface area contributed by atoms with E-state index in [2.05, 4.69) is 10.1 Å². The predicted octanol–water partition coefficient (Wildman–Crippen LogP) is 4.38. The zero-order valence-electron chi connectivity index (χ0n) is 17.8. The minimum Gasteiger partial charge on any atom is -0.493 e. The van der Waals surface area contributed by atoms with Gasteiger partial charge < -0.3 is 19.1 Å². The molecule has 1 aromatic heterocycles. The van der Waals surface area contributed by atoms with Gasteiger partial charge in [-0.1, -0.05) is 31.1 Å². The van der Waals surface area contributed by atoms with Crippen molar-refractivity contribution in [2.45, 2.75) is 53.4 Å². The van der Waals surface area contributed by atoms with Crippen LogP contribution < -0.4 is 4.74 Å². The fourth-order valence-corrected chi connectivity index (χ4v) is 2.80. The second-order valence-corrected chi connectivity index (χ2v) is 7.20. The number of oxazole rings is 1. The summed E-state index contributed by atoms with van der Waals surface area (Å²) in [6.07, 6.45) is 1.01. The number of nitrogens with zero attached hydrogens (tertiary/aromatic N) is 2. The number of aromatic nitrogens is 1. The summed E-state index contributed by atoms with van der Waals surface area (Å²) in [5, 5.41) is 13.3. The molecule has 0 saturated heterocycles. The van der Waals surface area contributed by atoms with Crippen molar-refractivity contribution in [2.24, 2.45) is 11.1 Å². The normalized spacial score (nSPS) is 12.8. The highest BCUT2D eigenvalue weighted by Gasteiger charge is 2.22. The van der Waals surface area contributed by atoms with Gasteiger partial charge in [-0.25, -0.2) is 4.98 Å². The Kier molecular flexibility index (Phi) is 8.24. The minimum absolute atomic E-state index is 0.257. The molecule has 0 radical (unpaired) electrons. The topological polar surface area (TPSA) is 94.2 Å². The van der Waals surface area contributed by atoms with Crippen LogP contribution in [0.2, 0.25) is 0 Å². The van der Waals surface area contributed by atoms with Crippen molar-refractivity contribution >= 4 is 11.7 Å². The number of benzene rings is 1. The molecular formula is C22H30N2O5. The van der Waals surface area contributed by atoms with Crippen LogP contribution in [0.4, 0.5) is 0 Å². The predicted molar refractivity (Wildman–Crippen MR) is 111 cm³/mol. The SMILES string of the molecule is CCO/N=C(\C)C(Cc1ccc(OCCc2nc(C(C)C)oc2C)cc1)C(=O)O. The van der Waals surface area contributed by atoms with Gasteiger partial charge >= 0.3 is 5.97 Å². The summed E-state index contributed by atoms with van der Waals surface area (Å²) in [5.41, 5.74) is 2.26. The van der Waals surface area contributed by atoms with Crippen LogP contribution in [0.25, 0.3) is 0 Å². The number of aryl methyl sites for hydroxylation is 1. The molecule has 0 bridgehead atoms. The molecule has 0 amide bonds. The van der Waals surface area contributed by atoms with Gasteiger partial charge in [0, 0.05) is 12.3 Å². The molecule has 7 nitrogen and oxygen atoms in total. The van der Waals surface area contributed by atoms with Crippen molar-refractivity contribution in [1.29, 1.82) is 0 Å². The Bertz CT molecular complexity index is 824. The third kappa shape index (κ3) is 6.62. The second kappa shape index (κ2) is 10.6. The molecular weight excluding hydrogens is 372 g/mol. The van der Waals surface area contributed by atoms with Gasteiger partial charge in [0.1, 0.15) is 24.0 Å². The molecule has 1 heterocycles. The second-order valence-electron chi connectivity index (χ2n) is 7.20. The van der Waals surface area contributed by atoms with E-state index in [-0.39, 0.29) is 5.92 Å². The number of aliphatic carboxylic acids is 1. The molecule has 0 aliphatic heterocycles. The van der Waals surface area contributed by atoms with Gasteiger partial charge in [-0.05, 0) is 44.9 Å². The van der Waals surface area contributed by atoms with Gasteiger partial charge in [0.15, 0.2) is 5.89 Å². The van der Waals surface area contributed by atoms with Crippen LogP contribution in [0.5, 0.6) is 5.75 Å². The Morgan fingerprint density at radius 2 is 1.97 bits per heavy atom. The number of carboxylic acids is 1. The van der Waals surface area contributed by atoms with E-state index < -0.39 is 11.9 Å². The maximum absolute atomic E-state index is 11.5. The maximum atomic E-state index is 11.5. The lowest BCUT2D eigenvalue weighted by Gasteiger charge is -2.12. The van der Waals surface area contributed by atoms with Crippen LogP contribution in [0.1, 0.15) is 56.5 Å². The maximum Gasteiger partial charge on any atom is 0.312 e. The molecule has 0 saturated carbocycles. The quantitative estimate of drug-likeness (QED) is 0.443. The number of oxime groups is 1. The average Bonchev–Trinajstić information content (AvgIpc) is 3.06. The molecule has 0 spiro atoms. The summed E-state index contributed by atoms with van der Waals surface area (Å²) < 4.78 is 11.5. The van der Waals surface area contributed by atoms with E-state index in [0.29, 0.717) is 31.8 Å². The number of carboxylic acid groups (broad SMARTS) is 1. The standard InChI is InChI=1S/C22H30N2O5/c1-6-28-24-15(4)19(22(25)26)13-17-7-9-18(10-8-17)27-12-11-20-16(5)29-21(23-20)14(2)3/h7-10,14,19H,6,11-13H2,1-5H3,(H,25,26)/b24-15+. The van der Waals surface area contributed by atoms with Crippen molar-refractivity contribution in [3.8, 4) is 5.75 Å². The summed E-state index contributed by atoms with van der Waals surface area (Å²) in [6, 6.07) is 7.44. The van der Waals surface area contributed by atoms with Crippen LogP contribution in [-0.2, 0) is 22.5 Å². The molecule has 29 heavy (non-hydrogen) atoms. The van der Waals surface area contributed by atoms with E-state index in [4.69, 9.17) is 14.0 Å². The lowest BCUT2D eigenvalue weighted by molar-refractivity contribution is -0.139. The Morgan fingerprint density at radius 3 is 2.52 bits per heavy atom. The summed E-state index contributed by atoms with van der Waals surface area (Å²) in [5.74, 6) is 0.918. The highest BCUT2D eigenvalue weighted by Crippen LogP contribution is 2.19. The Balaban J connectivity index is 1.91. The van der Waals surface area contributed by atoms with Crippen molar-refractivity contribution in [3.05, 3.63) is 47.2 Å². The van der Waals surface area contributed by atoms with E-state index in [1.54, 1.807) is 13.8 Å². The smallest absolute Gasteiger partial charge is 0.312 e. The van der Waals surface area contributed by atoms with Crippen LogP contribution in [0.3, 0.4) is 0 Å². The van der Waals surface area contributed by atoms with Gasteiger partial charge in [-0.3, -0.25) is 4.79 Å². The molecule has 2 aromatic rings. The fraction of sp³-hybridized carbons (Fsp3) is 0.500. The number of carbonyl (C=O) groups is 1. The van der Waals surface area contributed by atoms with Crippen LogP contribution >= 0.6 is 0 Å². The molecule has 158 valence electrons. The van der Waals surface area contributed by atoms with Gasteiger partial charge in [-0.15, -0.1) is 0 Å². The zero-order chi connectivity index (χ0) is 21.4. The van der Waals surface area contributed by atoms with Gasteiger partial charge in [0.25, 0.3) is 0 Å². The van der Waals surface area contributed by atoms with Crippen LogP contribution in [-0.4, -0.2) is 35.0 Å². The first-order valence-electron chi connectivity index (χ1n) is 9.89. The average molecular weight is 402 g/mol. The molecule has 1 atom stereocenters. The summed E-state index contributed by atoms with van der Waals surface area (Å²) in [4.78, 5) is 21.0. The van der Waals surface area contributed by atoms with Crippen molar-refractivity contribution in [2.75, 3.05) is 13.2 Å². The monoisotopic (exact) mass is 402 g/mol. The number of hydrogen-bond donors (Lipinski definition) is 1. The third-order valence-electron chi connectivity index (χ3n) is 4.51. The molecule has 2 rings (SSSR count). The Hall–Kier alpha value is -2.83. The lowest BCUT2D eigenvalue weighted by atomic mass is 9.95. The molecule has 0 aliphatic carbocycles. The molecule has 1 unspecified atom stereocenters. The first kappa shape index (κ1) is 22.5. The Labute approximate surface area is 171 Å². The van der Waals surface area contributed by atoms with Crippen LogP contribution in [0, 0.1) is 12.8 Å². The number of ether oxygens (including phenoxy) is 1. The van der Waals surface area contributed by atoms with Crippen molar-refractivity contribution < 1.29 is 23.9 Å². The van der Waals surface area contributed by atoms with Crippen molar-refractivity contribution in [3.63, 3.8) is 0 Å². The molecule has 1 N–H and O–H groups in total. The third-order valence-corrected chi connectivity index (χ3v) is 4.51. The van der Waals surface area contributed by atoms with E-state index in [0.717, 1.165) is 28.7 Å². The van der Waals surface area contributed by atoms with Crippen molar-refractivity contribution in [1.82, 2.24) is 4.98 Å². The first-order chi connectivity index (χ1) is 13.8. The molecule has 0 aliphatic rings. The summed E-state index contributed by atoms with van der Waals surface area (Å²) >= 11 is 0. The first-order valence-corrected chi connectivity index (χ1v) is 9.89. The van der Waals surface area contributed by atoms with Gasteiger partial charge in [-0.2, -0.15) is 0 Å². The highest BCUT2D eigenvalue weighted by atomic mass is 16.6. The van der Waals surface area contributed by atoms with E-state index in [9.17, 15) is 9.90 Å². The summed E-state index contributed by atoms with van der Waals surface area (Å²) in [6.45, 7) is 10.4. The molecule has 1 aromatic carbocycles.